The quantitative estimate of drug-likeness (QED) is 0.922. The van der Waals surface area contributed by atoms with Crippen molar-refractivity contribution < 1.29 is 0 Å². The minimum Gasteiger partial charge on any atom is -0.314 e. The number of hydrogen-bond donors (Lipinski definition) is 1. The summed E-state index contributed by atoms with van der Waals surface area (Å²) < 4.78 is 0.970. The molecule has 1 fully saturated rings. The summed E-state index contributed by atoms with van der Waals surface area (Å²) in [4.78, 5) is 6.74. The molecule has 2 heterocycles. The number of piperazine rings is 1. The third kappa shape index (κ3) is 3.25. The molecule has 1 aromatic rings. The number of halogens is 1. The predicted octanol–water partition coefficient (Wildman–Crippen LogP) is 1.70. The molecule has 1 aliphatic heterocycles. The number of aromatic nitrogens is 1. The third-order valence-corrected chi connectivity index (χ3v) is 3.44. The average Bonchev–Trinajstić information content (AvgIpc) is 2.38. The van der Waals surface area contributed by atoms with E-state index in [1.165, 1.54) is 0 Å². The van der Waals surface area contributed by atoms with Crippen LogP contribution < -0.4 is 5.32 Å². The van der Waals surface area contributed by atoms with Gasteiger partial charge in [-0.3, -0.25) is 9.88 Å². The van der Waals surface area contributed by atoms with Gasteiger partial charge in [-0.25, -0.2) is 0 Å². The van der Waals surface area contributed by atoms with E-state index in [2.05, 4.69) is 37.2 Å². The Morgan fingerprint density at radius 2 is 2.24 bits per heavy atom. The van der Waals surface area contributed by atoms with Crippen molar-refractivity contribution in [2.24, 2.45) is 0 Å². The lowest BCUT2D eigenvalue weighted by Crippen LogP contribution is -2.45. The van der Waals surface area contributed by atoms with Crippen LogP contribution in [-0.4, -0.2) is 36.1 Å². The van der Waals surface area contributed by atoms with Crippen LogP contribution in [0.1, 0.15) is 18.2 Å². The second-order valence-corrected chi connectivity index (χ2v) is 4.98. The largest absolute Gasteiger partial charge is 0.314 e. The smallest absolute Gasteiger partial charge is 0.0652 e. The van der Waals surface area contributed by atoms with Crippen LogP contribution in [0.15, 0.2) is 22.8 Å². The summed E-state index contributed by atoms with van der Waals surface area (Å²) in [5.41, 5.74) is 0.983. The molecule has 0 bridgehead atoms. The molecule has 4 nitrogen and oxygen atoms in total. The molecular weight excluding hydrogens is 280 g/mol. The first-order valence-electron chi connectivity index (χ1n) is 5.74. The van der Waals surface area contributed by atoms with E-state index in [-0.39, 0.29) is 6.04 Å². The van der Waals surface area contributed by atoms with E-state index in [1.807, 2.05) is 12.1 Å². The summed E-state index contributed by atoms with van der Waals surface area (Å²) in [5.74, 6) is 0. The fraction of sp³-hybridized carbons (Fsp3) is 0.500. The summed E-state index contributed by atoms with van der Waals surface area (Å²) in [7, 11) is 0. The van der Waals surface area contributed by atoms with Crippen molar-refractivity contribution in [1.82, 2.24) is 15.2 Å². The van der Waals surface area contributed by atoms with E-state index in [9.17, 15) is 0 Å². The van der Waals surface area contributed by atoms with E-state index in [4.69, 9.17) is 5.26 Å². The van der Waals surface area contributed by atoms with Gasteiger partial charge < -0.3 is 5.32 Å². The molecule has 1 saturated heterocycles. The molecule has 1 N–H and O–H groups in total. The molecule has 2 rings (SSSR count). The second kappa shape index (κ2) is 6.10. The van der Waals surface area contributed by atoms with Crippen molar-refractivity contribution in [3.63, 3.8) is 0 Å². The average molecular weight is 295 g/mol. The molecular formula is C12H15BrN4. The van der Waals surface area contributed by atoms with Gasteiger partial charge in [0.25, 0.3) is 0 Å². The first kappa shape index (κ1) is 12.5. The molecule has 1 atom stereocenters. The van der Waals surface area contributed by atoms with Crippen molar-refractivity contribution in [2.45, 2.75) is 12.5 Å². The van der Waals surface area contributed by atoms with Gasteiger partial charge in [0.05, 0.1) is 24.2 Å². The summed E-state index contributed by atoms with van der Waals surface area (Å²) in [5, 5.41) is 12.3. The number of pyridine rings is 1. The molecule has 0 unspecified atom stereocenters. The molecule has 1 aromatic heterocycles. The number of hydrogen-bond acceptors (Lipinski definition) is 4. The van der Waals surface area contributed by atoms with E-state index < -0.39 is 0 Å². The Bertz CT molecular complexity index is 392. The summed E-state index contributed by atoms with van der Waals surface area (Å²) in [6.45, 7) is 3.92. The van der Waals surface area contributed by atoms with Crippen LogP contribution in [-0.2, 0) is 0 Å². The molecule has 0 saturated carbocycles. The van der Waals surface area contributed by atoms with Crippen LogP contribution >= 0.6 is 15.9 Å². The minimum atomic E-state index is 0.121. The Labute approximate surface area is 110 Å². The van der Waals surface area contributed by atoms with Crippen molar-refractivity contribution in [2.75, 3.05) is 26.2 Å². The molecule has 0 spiro atoms. The van der Waals surface area contributed by atoms with Gasteiger partial charge in [-0.05, 0) is 28.1 Å². The topological polar surface area (TPSA) is 52.0 Å². The van der Waals surface area contributed by atoms with E-state index in [1.54, 1.807) is 6.20 Å². The molecule has 5 heteroatoms. The van der Waals surface area contributed by atoms with Crippen LogP contribution in [0.25, 0.3) is 0 Å². The zero-order valence-electron chi connectivity index (χ0n) is 9.56. The van der Waals surface area contributed by atoms with Gasteiger partial charge in [-0.1, -0.05) is 0 Å². The van der Waals surface area contributed by atoms with Gasteiger partial charge in [0.2, 0.25) is 0 Å². The van der Waals surface area contributed by atoms with Crippen LogP contribution in [0, 0.1) is 11.3 Å². The zero-order valence-corrected chi connectivity index (χ0v) is 11.2. The molecule has 0 amide bonds. The van der Waals surface area contributed by atoms with Crippen LogP contribution in [0.3, 0.4) is 0 Å². The third-order valence-electron chi connectivity index (χ3n) is 2.97. The summed E-state index contributed by atoms with van der Waals surface area (Å²) in [6, 6.07) is 6.36. The monoisotopic (exact) mass is 294 g/mol. The van der Waals surface area contributed by atoms with Crippen molar-refractivity contribution in [1.29, 1.82) is 5.26 Å². The Morgan fingerprint density at radius 3 is 2.82 bits per heavy atom. The first-order chi connectivity index (χ1) is 8.31. The van der Waals surface area contributed by atoms with Crippen LogP contribution in [0.5, 0.6) is 0 Å². The Kier molecular flexibility index (Phi) is 4.49. The molecule has 90 valence electrons. The number of nitriles is 1. The molecule has 0 aromatic carbocycles. The van der Waals surface area contributed by atoms with Gasteiger partial charge >= 0.3 is 0 Å². The molecule has 0 aliphatic carbocycles. The Hall–Kier alpha value is -0.960. The Balaban J connectivity index is 2.15. The van der Waals surface area contributed by atoms with Gasteiger partial charge in [-0.15, -0.1) is 0 Å². The first-order valence-corrected chi connectivity index (χ1v) is 6.53. The lowest BCUT2D eigenvalue weighted by atomic mass is 10.1. The fourth-order valence-corrected chi connectivity index (χ4v) is 2.32. The lowest BCUT2D eigenvalue weighted by Gasteiger charge is -2.33. The van der Waals surface area contributed by atoms with Gasteiger partial charge in [0.1, 0.15) is 0 Å². The normalized spacial score (nSPS) is 18.6. The highest BCUT2D eigenvalue weighted by molar-refractivity contribution is 9.10. The molecule has 17 heavy (non-hydrogen) atoms. The minimum absolute atomic E-state index is 0.121. The Morgan fingerprint density at radius 1 is 1.47 bits per heavy atom. The molecule has 0 radical (unpaired) electrons. The number of rotatable bonds is 3. The van der Waals surface area contributed by atoms with Crippen LogP contribution in [0.4, 0.5) is 0 Å². The SMILES string of the molecule is N#CC[C@@H](c1ccc(Br)cn1)N1CCNCC1. The molecule has 1 aliphatic rings. The van der Waals surface area contributed by atoms with Crippen molar-refractivity contribution in [3.05, 3.63) is 28.5 Å². The highest BCUT2D eigenvalue weighted by Crippen LogP contribution is 2.23. The maximum absolute atomic E-state index is 8.95. The van der Waals surface area contributed by atoms with Crippen molar-refractivity contribution >= 4 is 15.9 Å². The summed E-state index contributed by atoms with van der Waals surface area (Å²) >= 11 is 3.38. The van der Waals surface area contributed by atoms with Gasteiger partial charge in [0, 0.05) is 36.8 Å². The van der Waals surface area contributed by atoms with E-state index >= 15 is 0 Å². The van der Waals surface area contributed by atoms with Gasteiger partial charge in [0.15, 0.2) is 0 Å². The highest BCUT2D eigenvalue weighted by atomic mass is 79.9. The highest BCUT2D eigenvalue weighted by Gasteiger charge is 2.22. The maximum atomic E-state index is 8.95. The van der Waals surface area contributed by atoms with Crippen LogP contribution in [0.2, 0.25) is 0 Å². The van der Waals surface area contributed by atoms with Gasteiger partial charge in [-0.2, -0.15) is 5.26 Å². The zero-order chi connectivity index (χ0) is 12.1. The fourth-order valence-electron chi connectivity index (χ4n) is 2.09. The summed E-state index contributed by atoms with van der Waals surface area (Å²) in [6.07, 6.45) is 2.29. The van der Waals surface area contributed by atoms with E-state index in [0.717, 1.165) is 36.3 Å². The lowest BCUT2D eigenvalue weighted by molar-refractivity contribution is 0.172. The van der Waals surface area contributed by atoms with E-state index in [0.29, 0.717) is 6.42 Å². The number of nitrogens with zero attached hydrogens (tertiary/aromatic N) is 3. The predicted molar refractivity (Wildman–Crippen MR) is 69.4 cm³/mol. The van der Waals surface area contributed by atoms with Crippen molar-refractivity contribution in [3.8, 4) is 6.07 Å². The number of nitrogens with one attached hydrogen (secondary N) is 1. The standard InChI is InChI=1S/C12H15BrN4/c13-10-1-2-11(16-9-10)12(3-4-14)17-7-5-15-6-8-17/h1-2,9,12,15H,3,5-8H2/t12-/m0/s1. The second-order valence-electron chi connectivity index (χ2n) is 4.07. The maximum Gasteiger partial charge on any atom is 0.0652 e.